The molecular weight excluding hydrogens is 260 g/mol. The number of hydrogen-bond acceptors (Lipinski definition) is 5. The summed E-state index contributed by atoms with van der Waals surface area (Å²) < 4.78 is 5.30. The molecule has 1 fully saturated rings. The predicted octanol–water partition coefficient (Wildman–Crippen LogP) is 3.34. The highest BCUT2D eigenvalue weighted by molar-refractivity contribution is 7.09. The standard InChI is InChI=1S/C14H16N2O2S/c17-12-7-3-1-2-6-11(12)14-15-13(16-18-14)9-10-5-4-8-19-10/h4-5,8,11H,1-3,6-7,9H2. The molecule has 0 radical (unpaired) electrons. The van der Waals surface area contributed by atoms with E-state index in [2.05, 4.69) is 16.2 Å². The minimum absolute atomic E-state index is 0.174. The second-order valence-corrected chi connectivity index (χ2v) is 5.96. The van der Waals surface area contributed by atoms with E-state index < -0.39 is 0 Å². The van der Waals surface area contributed by atoms with E-state index in [-0.39, 0.29) is 11.7 Å². The number of hydrogen-bond donors (Lipinski definition) is 0. The zero-order valence-electron chi connectivity index (χ0n) is 10.7. The molecule has 3 rings (SSSR count). The van der Waals surface area contributed by atoms with Crippen molar-refractivity contribution in [2.24, 2.45) is 0 Å². The van der Waals surface area contributed by atoms with Gasteiger partial charge in [-0.1, -0.05) is 24.1 Å². The van der Waals surface area contributed by atoms with Gasteiger partial charge >= 0.3 is 0 Å². The van der Waals surface area contributed by atoms with Gasteiger partial charge in [-0.3, -0.25) is 4.79 Å². The van der Waals surface area contributed by atoms with E-state index in [1.807, 2.05) is 11.4 Å². The maximum atomic E-state index is 12.0. The van der Waals surface area contributed by atoms with Crippen molar-refractivity contribution in [1.29, 1.82) is 0 Å². The summed E-state index contributed by atoms with van der Waals surface area (Å²) in [6.07, 6.45) is 5.36. The van der Waals surface area contributed by atoms with Crippen molar-refractivity contribution in [2.45, 2.75) is 44.4 Å². The van der Waals surface area contributed by atoms with Crippen LogP contribution in [0.3, 0.4) is 0 Å². The smallest absolute Gasteiger partial charge is 0.237 e. The summed E-state index contributed by atoms with van der Waals surface area (Å²) >= 11 is 1.68. The van der Waals surface area contributed by atoms with Crippen LogP contribution in [-0.4, -0.2) is 15.9 Å². The number of aromatic nitrogens is 2. The van der Waals surface area contributed by atoms with E-state index in [9.17, 15) is 4.79 Å². The van der Waals surface area contributed by atoms with Crippen molar-refractivity contribution in [3.8, 4) is 0 Å². The number of Topliss-reactive ketones (excluding diaryl/α,β-unsaturated/α-hetero) is 1. The van der Waals surface area contributed by atoms with Gasteiger partial charge in [0.1, 0.15) is 5.78 Å². The van der Waals surface area contributed by atoms with E-state index in [1.54, 1.807) is 11.3 Å². The Bertz CT molecular complexity index is 548. The monoisotopic (exact) mass is 276 g/mol. The highest BCUT2D eigenvalue weighted by Gasteiger charge is 2.27. The Balaban J connectivity index is 1.74. The molecule has 1 atom stereocenters. The van der Waals surface area contributed by atoms with Crippen molar-refractivity contribution in [3.05, 3.63) is 34.1 Å². The SMILES string of the molecule is O=C1CCCCCC1c1nc(Cc2cccs2)no1. The number of thiophene rings is 1. The first-order chi connectivity index (χ1) is 9.33. The van der Waals surface area contributed by atoms with Crippen LogP contribution < -0.4 is 0 Å². The minimum atomic E-state index is -0.174. The van der Waals surface area contributed by atoms with Gasteiger partial charge in [-0.25, -0.2) is 0 Å². The van der Waals surface area contributed by atoms with E-state index in [4.69, 9.17) is 4.52 Å². The highest BCUT2D eigenvalue weighted by atomic mass is 32.1. The van der Waals surface area contributed by atoms with Crippen LogP contribution in [0.5, 0.6) is 0 Å². The van der Waals surface area contributed by atoms with Crippen molar-refractivity contribution < 1.29 is 9.32 Å². The molecule has 0 bridgehead atoms. The Labute approximate surface area is 115 Å². The van der Waals surface area contributed by atoms with Gasteiger partial charge in [0, 0.05) is 17.7 Å². The maximum absolute atomic E-state index is 12.0. The van der Waals surface area contributed by atoms with E-state index in [0.29, 0.717) is 24.6 Å². The van der Waals surface area contributed by atoms with Gasteiger partial charge in [0.25, 0.3) is 0 Å². The quantitative estimate of drug-likeness (QED) is 0.807. The summed E-state index contributed by atoms with van der Waals surface area (Å²) in [6, 6.07) is 4.06. The Kier molecular flexibility index (Phi) is 3.73. The number of rotatable bonds is 3. The van der Waals surface area contributed by atoms with Gasteiger partial charge in [0.05, 0.1) is 5.92 Å². The molecule has 5 heteroatoms. The molecule has 2 heterocycles. The first-order valence-corrected chi connectivity index (χ1v) is 7.58. The van der Waals surface area contributed by atoms with Crippen LogP contribution in [0.25, 0.3) is 0 Å². The van der Waals surface area contributed by atoms with Gasteiger partial charge in [0.15, 0.2) is 5.82 Å². The van der Waals surface area contributed by atoms with Crippen molar-refractivity contribution in [3.63, 3.8) is 0 Å². The largest absolute Gasteiger partial charge is 0.339 e. The molecule has 19 heavy (non-hydrogen) atoms. The Morgan fingerprint density at radius 2 is 2.32 bits per heavy atom. The molecule has 4 nitrogen and oxygen atoms in total. The molecule has 0 N–H and O–H groups in total. The molecule has 100 valence electrons. The van der Waals surface area contributed by atoms with Gasteiger partial charge in [0.2, 0.25) is 5.89 Å². The summed E-state index contributed by atoms with van der Waals surface area (Å²) in [4.78, 5) is 17.6. The van der Waals surface area contributed by atoms with Crippen LogP contribution in [0.1, 0.15) is 54.6 Å². The lowest BCUT2D eigenvalue weighted by atomic mass is 9.99. The summed E-state index contributed by atoms with van der Waals surface area (Å²) in [7, 11) is 0. The molecule has 0 amide bonds. The number of nitrogens with zero attached hydrogens (tertiary/aromatic N) is 2. The van der Waals surface area contributed by atoms with Crippen LogP contribution in [-0.2, 0) is 11.2 Å². The van der Waals surface area contributed by atoms with Crippen LogP contribution in [0.2, 0.25) is 0 Å². The zero-order chi connectivity index (χ0) is 13.1. The Hall–Kier alpha value is -1.49. The van der Waals surface area contributed by atoms with E-state index in [1.165, 1.54) is 4.88 Å². The molecule has 1 aliphatic carbocycles. The molecule has 0 saturated heterocycles. The van der Waals surface area contributed by atoms with Gasteiger partial charge in [-0.15, -0.1) is 11.3 Å². The summed E-state index contributed by atoms with van der Waals surface area (Å²) in [5.41, 5.74) is 0. The second-order valence-electron chi connectivity index (χ2n) is 4.92. The highest BCUT2D eigenvalue weighted by Crippen LogP contribution is 2.28. The topological polar surface area (TPSA) is 56.0 Å². The lowest BCUT2D eigenvalue weighted by Gasteiger charge is -2.06. The lowest BCUT2D eigenvalue weighted by molar-refractivity contribution is -0.120. The third-order valence-corrected chi connectivity index (χ3v) is 4.38. The summed E-state index contributed by atoms with van der Waals surface area (Å²) in [5, 5.41) is 6.03. The Morgan fingerprint density at radius 1 is 1.37 bits per heavy atom. The normalized spacial score (nSPS) is 20.4. The molecule has 0 aliphatic heterocycles. The van der Waals surface area contributed by atoms with Gasteiger partial charge in [-0.05, 0) is 24.3 Å². The van der Waals surface area contributed by atoms with Gasteiger partial charge in [-0.2, -0.15) is 4.98 Å². The third kappa shape index (κ3) is 2.92. The maximum Gasteiger partial charge on any atom is 0.237 e. The predicted molar refractivity (Wildman–Crippen MR) is 72.3 cm³/mol. The zero-order valence-corrected chi connectivity index (χ0v) is 11.5. The van der Waals surface area contributed by atoms with E-state index >= 15 is 0 Å². The van der Waals surface area contributed by atoms with Crippen LogP contribution in [0, 0.1) is 0 Å². The minimum Gasteiger partial charge on any atom is -0.339 e. The fourth-order valence-corrected chi connectivity index (χ4v) is 3.17. The van der Waals surface area contributed by atoms with Crippen molar-refractivity contribution in [1.82, 2.24) is 10.1 Å². The number of carbonyl (C=O) groups is 1. The molecule has 2 aromatic heterocycles. The lowest BCUT2D eigenvalue weighted by Crippen LogP contribution is -2.10. The van der Waals surface area contributed by atoms with Crippen LogP contribution in [0.15, 0.2) is 22.0 Å². The van der Waals surface area contributed by atoms with Crippen LogP contribution >= 0.6 is 11.3 Å². The summed E-state index contributed by atoms with van der Waals surface area (Å²) in [6.45, 7) is 0. The molecule has 0 spiro atoms. The Morgan fingerprint density at radius 3 is 3.16 bits per heavy atom. The average molecular weight is 276 g/mol. The van der Waals surface area contributed by atoms with E-state index in [0.717, 1.165) is 25.7 Å². The molecule has 1 saturated carbocycles. The molecule has 1 aliphatic rings. The fourth-order valence-electron chi connectivity index (χ4n) is 2.47. The molecule has 0 aromatic carbocycles. The first-order valence-electron chi connectivity index (χ1n) is 6.70. The fraction of sp³-hybridized carbons (Fsp3) is 0.500. The van der Waals surface area contributed by atoms with Crippen molar-refractivity contribution >= 4 is 17.1 Å². The first kappa shape index (κ1) is 12.5. The number of carbonyl (C=O) groups excluding carboxylic acids is 1. The number of ketones is 1. The van der Waals surface area contributed by atoms with Crippen LogP contribution in [0.4, 0.5) is 0 Å². The third-order valence-electron chi connectivity index (χ3n) is 3.50. The molecule has 1 unspecified atom stereocenters. The second kappa shape index (κ2) is 5.65. The molecule has 2 aromatic rings. The van der Waals surface area contributed by atoms with Gasteiger partial charge < -0.3 is 4.52 Å². The average Bonchev–Trinajstić information content (AvgIpc) is 3.02. The molecular formula is C14H16N2O2S. The summed E-state index contributed by atoms with van der Waals surface area (Å²) in [5.74, 6) is 1.27. The van der Waals surface area contributed by atoms with Crippen molar-refractivity contribution in [2.75, 3.05) is 0 Å².